The van der Waals surface area contributed by atoms with Gasteiger partial charge in [-0.05, 0) is 73.4 Å². The van der Waals surface area contributed by atoms with E-state index in [1.54, 1.807) is 6.20 Å². The zero-order chi connectivity index (χ0) is 19.7. The first kappa shape index (κ1) is 18.5. The summed E-state index contributed by atoms with van der Waals surface area (Å²) < 4.78 is 6.16. The van der Waals surface area contributed by atoms with Gasteiger partial charge in [0.2, 0.25) is 0 Å². The molecule has 4 aromatic rings. The van der Waals surface area contributed by atoms with Gasteiger partial charge in [0.1, 0.15) is 11.3 Å². The Morgan fingerprint density at radius 2 is 1.82 bits per heavy atom. The number of rotatable bonds is 4. The van der Waals surface area contributed by atoms with Crippen LogP contribution in [0.4, 0.5) is 0 Å². The van der Waals surface area contributed by atoms with Crippen LogP contribution in [0.25, 0.3) is 39.3 Å². The third-order valence-corrected chi connectivity index (χ3v) is 5.35. The Bertz CT molecular complexity index is 1170. The SMILES string of the molecule is CC/C(C)=C\c1oc2cc(-c3cc(Cl)cc(-c4cccnc4)c3)ccc2c1C. The molecule has 140 valence electrons. The van der Waals surface area contributed by atoms with Crippen molar-refractivity contribution in [2.45, 2.75) is 27.2 Å². The number of fused-ring (bicyclic) bond motifs is 1. The molecule has 4 rings (SSSR count). The van der Waals surface area contributed by atoms with Crippen LogP contribution in [-0.4, -0.2) is 4.98 Å². The molecule has 0 aliphatic heterocycles. The largest absolute Gasteiger partial charge is 0.456 e. The molecule has 0 amide bonds. The second kappa shape index (κ2) is 7.65. The van der Waals surface area contributed by atoms with Gasteiger partial charge in [-0.2, -0.15) is 0 Å². The second-order valence-corrected chi connectivity index (χ2v) is 7.55. The van der Waals surface area contributed by atoms with Crippen molar-refractivity contribution in [1.82, 2.24) is 4.98 Å². The summed E-state index contributed by atoms with van der Waals surface area (Å²) in [7, 11) is 0. The van der Waals surface area contributed by atoms with E-state index in [-0.39, 0.29) is 0 Å². The first-order chi connectivity index (χ1) is 13.5. The number of halogens is 1. The zero-order valence-corrected chi connectivity index (χ0v) is 17.0. The smallest absolute Gasteiger partial charge is 0.135 e. The highest BCUT2D eigenvalue weighted by molar-refractivity contribution is 6.31. The quantitative estimate of drug-likeness (QED) is 0.355. The van der Waals surface area contributed by atoms with Crippen LogP contribution in [0, 0.1) is 6.92 Å². The summed E-state index contributed by atoms with van der Waals surface area (Å²) >= 11 is 6.42. The van der Waals surface area contributed by atoms with E-state index in [0.717, 1.165) is 45.4 Å². The Hall–Kier alpha value is -2.84. The van der Waals surface area contributed by atoms with Crippen molar-refractivity contribution in [2.75, 3.05) is 0 Å². The summed E-state index contributed by atoms with van der Waals surface area (Å²) in [5.41, 5.74) is 7.61. The van der Waals surface area contributed by atoms with Crippen molar-refractivity contribution in [3.05, 3.63) is 82.8 Å². The van der Waals surface area contributed by atoms with Crippen LogP contribution in [0.15, 0.2) is 70.9 Å². The van der Waals surface area contributed by atoms with E-state index >= 15 is 0 Å². The molecule has 0 saturated carbocycles. The van der Waals surface area contributed by atoms with Crippen LogP contribution in [0.3, 0.4) is 0 Å². The molecule has 2 nitrogen and oxygen atoms in total. The Labute approximate surface area is 170 Å². The van der Waals surface area contributed by atoms with Gasteiger partial charge in [-0.15, -0.1) is 0 Å². The number of furan rings is 1. The van der Waals surface area contributed by atoms with Crippen LogP contribution in [0.2, 0.25) is 5.02 Å². The highest BCUT2D eigenvalue weighted by Gasteiger charge is 2.11. The standard InChI is InChI=1S/C25H22ClNO/c1-4-16(2)10-24-17(3)23-8-7-18(14-25(23)28-24)20-11-21(13-22(26)12-20)19-6-5-9-27-15-19/h5-15H,4H2,1-3H3/b16-10-. The molecule has 28 heavy (non-hydrogen) atoms. The molecular formula is C25H22ClNO. The highest BCUT2D eigenvalue weighted by atomic mass is 35.5. The molecule has 0 aliphatic rings. The van der Waals surface area contributed by atoms with Gasteiger partial charge >= 0.3 is 0 Å². The molecule has 3 heteroatoms. The maximum absolute atomic E-state index is 6.42. The van der Waals surface area contributed by atoms with E-state index < -0.39 is 0 Å². The average molecular weight is 388 g/mol. The van der Waals surface area contributed by atoms with Crippen molar-refractivity contribution < 1.29 is 4.42 Å². The first-order valence-electron chi connectivity index (χ1n) is 9.47. The fraction of sp³-hybridized carbons (Fsp3) is 0.160. The van der Waals surface area contributed by atoms with E-state index in [1.807, 2.05) is 30.5 Å². The van der Waals surface area contributed by atoms with Crippen molar-refractivity contribution in [1.29, 1.82) is 0 Å². The lowest BCUT2D eigenvalue weighted by molar-refractivity contribution is 0.600. The number of hydrogen-bond acceptors (Lipinski definition) is 2. The summed E-state index contributed by atoms with van der Waals surface area (Å²) in [6, 6.07) is 16.4. The molecule has 0 fully saturated rings. The van der Waals surface area contributed by atoms with Gasteiger partial charge in [0.15, 0.2) is 0 Å². The Morgan fingerprint density at radius 3 is 2.54 bits per heavy atom. The first-order valence-corrected chi connectivity index (χ1v) is 9.84. The molecule has 0 N–H and O–H groups in total. The van der Waals surface area contributed by atoms with Crippen molar-refractivity contribution >= 4 is 28.6 Å². The number of hydrogen-bond donors (Lipinski definition) is 0. The molecule has 2 aromatic carbocycles. The monoisotopic (exact) mass is 387 g/mol. The molecule has 0 saturated heterocycles. The lowest BCUT2D eigenvalue weighted by Crippen LogP contribution is -1.83. The molecule has 0 aliphatic carbocycles. The van der Waals surface area contributed by atoms with E-state index in [4.69, 9.17) is 16.0 Å². The fourth-order valence-electron chi connectivity index (χ4n) is 3.34. The molecular weight excluding hydrogens is 366 g/mol. The number of aryl methyl sites for hydroxylation is 1. The molecule has 0 atom stereocenters. The molecule has 2 heterocycles. The topological polar surface area (TPSA) is 26.0 Å². The van der Waals surface area contributed by atoms with Gasteiger partial charge in [-0.1, -0.05) is 42.3 Å². The minimum atomic E-state index is 0.703. The van der Waals surface area contributed by atoms with Gasteiger partial charge < -0.3 is 4.42 Å². The lowest BCUT2D eigenvalue weighted by atomic mass is 9.99. The number of pyridine rings is 1. The number of nitrogens with zero attached hydrogens (tertiary/aromatic N) is 1. The Balaban J connectivity index is 1.80. The van der Waals surface area contributed by atoms with E-state index in [1.165, 1.54) is 11.1 Å². The third kappa shape index (κ3) is 3.61. The number of benzene rings is 2. The average Bonchev–Trinajstić information content (AvgIpc) is 3.02. The van der Waals surface area contributed by atoms with Crippen molar-refractivity contribution in [3.63, 3.8) is 0 Å². The maximum atomic E-state index is 6.42. The van der Waals surface area contributed by atoms with Gasteiger partial charge in [-0.25, -0.2) is 0 Å². The second-order valence-electron chi connectivity index (χ2n) is 7.12. The van der Waals surface area contributed by atoms with E-state index in [0.29, 0.717) is 5.02 Å². The number of allylic oxidation sites excluding steroid dienone is 1. The molecule has 0 radical (unpaired) electrons. The minimum Gasteiger partial charge on any atom is -0.456 e. The van der Waals surface area contributed by atoms with Crippen molar-refractivity contribution in [3.8, 4) is 22.3 Å². The fourth-order valence-corrected chi connectivity index (χ4v) is 3.58. The molecule has 0 unspecified atom stereocenters. The van der Waals surface area contributed by atoms with Crippen LogP contribution in [0.5, 0.6) is 0 Å². The van der Waals surface area contributed by atoms with Gasteiger partial charge in [-0.3, -0.25) is 4.98 Å². The maximum Gasteiger partial charge on any atom is 0.135 e. The van der Waals surface area contributed by atoms with Crippen LogP contribution >= 0.6 is 11.6 Å². The highest BCUT2D eigenvalue weighted by Crippen LogP contribution is 2.34. The third-order valence-electron chi connectivity index (χ3n) is 5.14. The summed E-state index contributed by atoms with van der Waals surface area (Å²) in [6.07, 6.45) is 6.77. The zero-order valence-electron chi connectivity index (χ0n) is 16.3. The van der Waals surface area contributed by atoms with E-state index in [9.17, 15) is 0 Å². The van der Waals surface area contributed by atoms with Crippen LogP contribution in [0.1, 0.15) is 31.6 Å². The van der Waals surface area contributed by atoms with Crippen LogP contribution < -0.4 is 0 Å². The Morgan fingerprint density at radius 1 is 1.04 bits per heavy atom. The van der Waals surface area contributed by atoms with Crippen molar-refractivity contribution in [2.24, 2.45) is 0 Å². The lowest BCUT2D eigenvalue weighted by Gasteiger charge is -2.07. The van der Waals surface area contributed by atoms with Gasteiger partial charge in [0, 0.05) is 33.9 Å². The van der Waals surface area contributed by atoms with Gasteiger partial charge in [0.25, 0.3) is 0 Å². The summed E-state index contributed by atoms with van der Waals surface area (Å²) in [6.45, 7) is 6.39. The summed E-state index contributed by atoms with van der Waals surface area (Å²) in [4.78, 5) is 4.21. The Kier molecular flexibility index (Phi) is 5.06. The van der Waals surface area contributed by atoms with Gasteiger partial charge in [0.05, 0.1) is 0 Å². The molecule has 0 bridgehead atoms. The normalized spacial score (nSPS) is 11.9. The number of aromatic nitrogens is 1. The summed E-state index contributed by atoms with van der Waals surface area (Å²) in [5.74, 6) is 0.939. The summed E-state index contributed by atoms with van der Waals surface area (Å²) in [5, 5.41) is 1.85. The predicted molar refractivity (Wildman–Crippen MR) is 119 cm³/mol. The minimum absolute atomic E-state index is 0.703. The molecule has 0 spiro atoms. The van der Waals surface area contributed by atoms with E-state index in [2.05, 4.69) is 56.1 Å². The van der Waals surface area contributed by atoms with Crippen LogP contribution in [-0.2, 0) is 0 Å². The predicted octanol–water partition coefficient (Wildman–Crippen LogP) is 7.94. The molecule has 2 aromatic heterocycles.